The van der Waals surface area contributed by atoms with Gasteiger partial charge in [0.1, 0.15) is 0 Å². The van der Waals surface area contributed by atoms with Crippen LogP contribution in [0.3, 0.4) is 0 Å². The van der Waals surface area contributed by atoms with Gasteiger partial charge in [-0.1, -0.05) is 35.7 Å². The third kappa shape index (κ3) is 22.5. The average molecular weight is 461 g/mol. The molecule has 1 fully saturated rings. The molecule has 5 nitrogen and oxygen atoms in total. The second-order valence-electron chi connectivity index (χ2n) is 6.55. The van der Waals surface area contributed by atoms with Crippen LogP contribution in [0.5, 0.6) is 0 Å². The Bertz CT molecular complexity index is 461. The number of hydrogen-bond acceptors (Lipinski definition) is 5. The van der Waals surface area contributed by atoms with Gasteiger partial charge in [0.2, 0.25) is 0 Å². The van der Waals surface area contributed by atoms with Crippen LogP contribution in [-0.2, 0) is 23.8 Å². The smallest absolute Gasteiger partial charge is 0.312 e. The molecule has 0 aromatic rings. The van der Waals surface area contributed by atoms with Gasteiger partial charge in [-0.05, 0) is 40.5 Å². The van der Waals surface area contributed by atoms with Crippen LogP contribution in [0.25, 0.3) is 0 Å². The Balaban J connectivity index is -0.000000320. The van der Waals surface area contributed by atoms with E-state index in [0.717, 1.165) is 13.2 Å². The quantitative estimate of drug-likeness (QED) is 0.340. The molecule has 162 valence electrons. The summed E-state index contributed by atoms with van der Waals surface area (Å²) in [6.45, 7) is 13.7. The molecule has 1 aliphatic heterocycles. The summed E-state index contributed by atoms with van der Waals surface area (Å²) in [5.74, 6) is 4.46. The van der Waals surface area contributed by atoms with E-state index in [0.29, 0.717) is 25.0 Å². The molecule has 6 heteroatoms. The molecule has 1 aliphatic rings. The molecule has 0 amide bonds. The molecular formula is C22H37BrO5. The lowest BCUT2D eigenvalue weighted by Gasteiger charge is -2.18. The molecule has 0 aromatic heterocycles. The van der Waals surface area contributed by atoms with E-state index in [1.807, 2.05) is 13.8 Å². The molecule has 0 N–H and O–H groups in total. The summed E-state index contributed by atoms with van der Waals surface area (Å²) >= 11 is 3.01. The number of carbonyl (C=O) groups excluding carboxylic acids is 2. The first-order valence-electron chi connectivity index (χ1n) is 9.48. The van der Waals surface area contributed by atoms with E-state index in [1.165, 1.54) is 12.8 Å². The van der Waals surface area contributed by atoms with Crippen molar-refractivity contribution in [1.82, 2.24) is 0 Å². The van der Waals surface area contributed by atoms with Gasteiger partial charge in [-0.3, -0.25) is 9.59 Å². The summed E-state index contributed by atoms with van der Waals surface area (Å²) in [5, 5.41) is 0.660. The van der Waals surface area contributed by atoms with Crippen molar-refractivity contribution >= 4 is 27.9 Å². The lowest BCUT2D eigenvalue weighted by atomic mass is 9.90. The fourth-order valence-corrected chi connectivity index (χ4v) is 1.47. The number of esters is 2. The van der Waals surface area contributed by atoms with Gasteiger partial charge in [-0.25, -0.2) is 0 Å². The van der Waals surface area contributed by atoms with Gasteiger partial charge >= 0.3 is 11.9 Å². The van der Waals surface area contributed by atoms with Gasteiger partial charge in [0.25, 0.3) is 0 Å². The number of hydrogen-bond donors (Lipinski definition) is 0. The van der Waals surface area contributed by atoms with Crippen molar-refractivity contribution in [3.8, 4) is 24.7 Å². The minimum Gasteiger partial charge on any atom is -0.466 e. The normalized spacial score (nSPS) is 11.8. The standard InChI is InChI=1S/C9H14O2.C6H12O2.C4H8O.C3H3Br/c1-5-7-9(3,4)8(10)11-6-2;1-4-8-6(7)5(2)3;1-2-4-5-3-1;1-2-3-4/h1H,6-7H2,2-4H3;5H,4H2,1-3H3;1-4H2;1H,3H2. The molecule has 0 aliphatic carbocycles. The molecule has 0 bridgehead atoms. The van der Waals surface area contributed by atoms with Gasteiger partial charge in [-0.2, -0.15) is 0 Å². The first-order valence-corrected chi connectivity index (χ1v) is 10.6. The SMILES string of the molecule is C#CCBr.C#CCC(C)(C)C(=O)OCC.C1CCOC1.CCOC(=O)C(C)C. The van der Waals surface area contributed by atoms with Crippen LogP contribution in [-0.4, -0.2) is 43.7 Å². The lowest BCUT2D eigenvalue weighted by molar-refractivity contribution is -0.153. The first-order chi connectivity index (χ1) is 13.1. The first kappa shape index (κ1) is 31.2. The Labute approximate surface area is 180 Å². The number of alkyl halides is 1. The molecule has 1 saturated heterocycles. The number of ether oxygens (including phenoxy) is 3. The number of halogens is 1. The maximum atomic E-state index is 11.1. The Morgan fingerprint density at radius 3 is 1.75 bits per heavy atom. The number of rotatable bonds is 5. The monoisotopic (exact) mass is 460 g/mol. The fourth-order valence-electron chi connectivity index (χ4n) is 1.47. The van der Waals surface area contributed by atoms with E-state index < -0.39 is 5.41 Å². The molecule has 0 spiro atoms. The molecule has 1 rings (SSSR count). The van der Waals surface area contributed by atoms with E-state index in [9.17, 15) is 9.59 Å². The summed E-state index contributed by atoms with van der Waals surface area (Å²) in [6.07, 6.45) is 12.8. The second-order valence-corrected chi connectivity index (χ2v) is 7.11. The highest BCUT2D eigenvalue weighted by Crippen LogP contribution is 2.21. The second kappa shape index (κ2) is 21.8. The van der Waals surface area contributed by atoms with Crippen LogP contribution in [0.4, 0.5) is 0 Å². The van der Waals surface area contributed by atoms with Crippen LogP contribution in [0.2, 0.25) is 0 Å². The van der Waals surface area contributed by atoms with E-state index in [2.05, 4.69) is 32.5 Å². The topological polar surface area (TPSA) is 61.8 Å². The highest BCUT2D eigenvalue weighted by molar-refractivity contribution is 9.09. The Morgan fingerprint density at radius 1 is 1.07 bits per heavy atom. The van der Waals surface area contributed by atoms with Crippen LogP contribution >= 0.6 is 15.9 Å². The van der Waals surface area contributed by atoms with Crippen LogP contribution in [0.15, 0.2) is 0 Å². The molecule has 0 radical (unpaired) electrons. The van der Waals surface area contributed by atoms with Gasteiger partial charge in [0.15, 0.2) is 0 Å². The summed E-state index contributed by atoms with van der Waals surface area (Å²) in [4.78, 5) is 21.7. The van der Waals surface area contributed by atoms with Crippen molar-refractivity contribution in [3.63, 3.8) is 0 Å². The van der Waals surface area contributed by atoms with Crippen molar-refractivity contribution < 1.29 is 23.8 Å². The number of carbonyl (C=O) groups is 2. The highest BCUT2D eigenvalue weighted by Gasteiger charge is 2.27. The Kier molecular flexibility index (Phi) is 24.3. The van der Waals surface area contributed by atoms with E-state index in [4.69, 9.17) is 22.3 Å². The molecule has 0 saturated carbocycles. The zero-order chi connectivity index (χ0) is 22.4. The molecule has 0 aromatic carbocycles. The summed E-state index contributed by atoms with van der Waals surface area (Å²) < 4.78 is 14.4. The maximum absolute atomic E-state index is 11.1. The van der Waals surface area contributed by atoms with Crippen molar-refractivity contribution in [2.75, 3.05) is 31.8 Å². The molecule has 0 atom stereocenters. The van der Waals surface area contributed by atoms with Gasteiger partial charge in [-0.15, -0.1) is 18.8 Å². The third-order valence-electron chi connectivity index (χ3n) is 3.03. The number of terminal acetylenes is 2. The predicted octanol–water partition coefficient (Wildman–Crippen LogP) is 4.62. The molecular weight excluding hydrogens is 424 g/mol. The zero-order valence-corrected chi connectivity index (χ0v) is 19.9. The van der Waals surface area contributed by atoms with Crippen LogP contribution < -0.4 is 0 Å². The van der Waals surface area contributed by atoms with Gasteiger partial charge in [0.05, 0.1) is 29.9 Å². The van der Waals surface area contributed by atoms with E-state index in [-0.39, 0.29) is 17.9 Å². The minimum atomic E-state index is -0.537. The summed E-state index contributed by atoms with van der Waals surface area (Å²) in [5.41, 5.74) is -0.537. The van der Waals surface area contributed by atoms with Crippen LogP contribution in [0.1, 0.15) is 60.8 Å². The largest absolute Gasteiger partial charge is 0.466 e. The van der Waals surface area contributed by atoms with E-state index in [1.54, 1.807) is 27.7 Å². The molecule has 0 unspecified atom stereocenters. The Morgan fingerprint density at radius 2 is 1.54 bits per heavy atom. The Hall–Kier alpha value is -1.50. The zero-order valence-electron chi connectivity index (χ0n) is 18.3. The van der Waals surface area contributed by atoms with Crippen molar-refractivity contribution in [2.24, 2.45) is 11.3 Å². The molecule has 1 heterocycles. The van der Waals surface area contributed by atoms with Gasteiger partial charge in [0, 0.05) is 19.6 Å². The lowest BCUT2D eigenvalue weighted by Crippen LogP contribution is -2.26. The fraction of sp³-hybridized carbons (Fsp3) is 0.727. The van der Waals surface area contributed by atoms with Crippen molar-refractivity contribution in [2.45, 2.75) is 60.8 Å². The highest BCUT2D eigenvalue weighted by atomic mass is 79.9. The molecule has 28 heavy (non-hydrogen) atoms. The average Bonchev–Trinajstić information content (AvgIpc) is 3.23. The summed E-state index contributed by atoms with van der Waals surface area (Å²) in [7, 11) is 0. The predicted molar refractivity (Wildman–Crippen MR) is 118 cm³/mol. The summed E-state index contributed by atoms with van der Waals surface area (Å²) in [6, 6.07) is 0. The van der Waals surface area contributed by atoms with Crippen molar-refractivity contribution in [1.29, 1.82) is 0 Å². The van der Waals surface area contributed by atoms with Gasteiger partial charge < -0.3 is 14.2 Å². The minimum absolute atomic E-state index is 0.00921. The van der Waals surface area contributed by atoms with Crippen LogP contribution in [0, 0.1) is 36.0 Å². The van der Waals surface area contributed by atoms with E-state index >= 15 is 0 Å². The van der Waals surface area contributed by atoms with Crippen molar-refractivity contribution in [3.05, 3.63) is 0 Å². The maximum Gasteiger partial charge on any atom is 0.312 e. The third-order valence-corrected chi connectivity index (χ3v) is 3.36.